The molecule has 1 aliphatic carbocycles. The van der Waals surface area contributed by atoms with Crippen LogP contribution in [0.1, 0.15) is 42.1 Å². The molecule has 132 valence electrons. The fourth-order valence-electron chi connectivity index (χ4n) is 2.96. The number of rotatable bonds is 5. The fourth-order valence-corrected chi connectivity index (χ4v) is 3.82. The van der Waals surface area contributed by atoms with Crippen molar-refractivity contribution in [2.75, 3.05) is 4.90 Å². The van der Waals surface area contributed by atoms with E-state index in [1.165, 1.54) is 18.3 Å². The summed E-state index contributed by atoms with van der Waals surface area (Å²) in [5.74, 6) is -0.168. The molecule has 0 unspecified atom stereocenters. The van der Waals surface area contributed by atoms with Crippen molar-refractivity contribution in [3.05, 3.63) is 39.9 Å². The van der Waals surface area contributed by atoms with Gasteiger partial charge in [-0.3, -0.25) is 14.5 Å². The Morgan fingerprint density at radius 1 is 1.24 bits per heavy atom. The van der Waals surface area contributed by atoms with Crippen LogP contribution in [0.5, 0.6) is 0 Å². The van der Waals surface area contributed by atoms with Crippen LogP contribution in [0, 0.1) is 26.7 Å². The van der Waals surface area contributed by atoms with E-state index in [0.717, 1.165) is 35.2 Å². The monoisotopic (exact) mass is 358 g/mol. The number of benzene rings is 1. The molecule has 1 heterocycles. The standard InChI is InChI=1S/C19H22N2O3S/c1-11-7-12(2)17(13(3)8-11)21(14(4)22)19-20-16(10-25-19)9-24-18(23)15-5-6-15/h7-8,10,15H,5-6,9H2,1-4H3. The van der Waals surface area contributed by atoms with E-state index in [1.54, 1.807) is 4.90 Å². The number of carbonyl (C=O) groups is 2. The zero-order valence-corrected chi connectivity index (χ0v) is 15.8. The molecule has 0 atom stereocenters. The summed E-state index contributed by atoms with van der Waals surface area (Å²) in [6.45, 7) is 7.72. The number of carbonyl (C=O) groups excluding carboxylic acids is 2. The number of hydrogen-bond acceptors (Lipinski definition) is 5. The number of thiazole rings is 1. The Hall–Kier alpha value is -2.21. The summed E-state index contributed by atoms with van der Waals surface area (Å²) in [6, 6.07) is 4.12. The molecule has 2 aromatic rings. The van der Waals surface area contributed by atoms with Gasteiger partial charge in [-0.25, -0.2) is 4.98 Å². The molecule has 0 aliphatic heterocycles. The second kappa shape index (κ2) is 6.96. The number of ether oxygens (including phenoxy) is 1. The zero-order chi connectivity index (χ0) is 18.1. The zero-order valence-electron chi connectivity index (χ0n) is 15.0. The molecular formula is C19H22N2O3S. The summed E-state index contributed by atoms with van der Waals surface area (Å²) in [6.07, 6.45) is 1.84. The third-order valence-corrected chi connectivity index (χ3v) is 5.05. The van der Waals surface area contributed by atoms with Gasteiger partial charge in [0, 0.05) is 12.3 Å². The third kappa shape index (κ3) is 3.90. The number of esters is 1. The molecule has 3 rings (SSSR count). The van der Waals surface area contributed by atoms with Crippen LogP contribution < -0.4 is 4.90 Å². The van der Waals surface area contributed by atoms with Gasteiger partial charge < -0.3 is 4.74 Å². The Morgan fingerprint density at radius 2 is 1.88 bits per heavy atom. The van der Waals surface area contributed by atoms with Crippen LogP contribution in [0.3, 0.4) is 0 Å². The number of nitrogens with zero attached hydrogens (tertiary/aromatic N) is 2. The van der Waals surface area contributed by atoms with Gasteiger partial charge >= 0.3 is 5.97 Å². The van der Waals surface area contributed by atoms with Crippen molar-refractivity contribution in [1.29, 1.82) is 0 Å². The molecule has 1 aliphatic rings. The van der Waals surface area contributed by atoms with Crippen molar-refractivity contribution >= 4 is 34.0 Å². The third-order valence-electron chi connectivity index (χ3n) is 4.18. The lowest BCUT2D eigenvalue weighted by Gasteiger charge is -2.23. The molecular weight excluding hydrogens is 336 g/mol. The Morgan fingerprint density at radius 3 is 2.44 bits per heavy atom. The Kier molecular flexibility index (Phi) is 4.90. The molecule has 0 radical (unpaired) electrons. The summed E-state index contributed by atoms with van der Waals surface area (Å²) in [5, 5.41) is 2.43. The van der Waals surface area contributed by atoms with Gasteiger partial charge in [-0.1, -0.05) is 17.7 Å². The minimum absolute atomic E-state index is 0.0738. The molecule has 1 aromatic heterocycles. The molecule has 0 saturated heterocycles. The van der Waals surface area contributed by atoms with E-state index in [4.69, 9.17) is 4.74 Å². The number of hydrogen-bond donors (Lipinski definition) is 0. The molecule has 1 fully saturated rings. The van der Waals surface area contributed by atoms with Crippen LogP contribution in [0.2, 0.25) is 0 Å². The minimum atomic E-state index is -0.150. The Balaban J connectivity index is 1.84. The van der Waals surface area contributed by atoms with E-state index < -0.39 is 0 Å². The van der Waals surface area contributed by atoms with E-state index in [0.29, 0.717) is 10.8 Å². The second-order valence-corrected chi connectivity index (χ2v) is 7.44. The summed E-state index contributed by atoms with van der Waals surface area (Å²) in [4.78, 5) is 30.1. The summed E-state index contributed by atoms with van der Waals surface area (Å²) >= 11 is 1.38. The lowest BCUT2D eigenvalue weighted by Crippen LogP contribution is -2.24. The molecule has 25 heavy (non-hydrogen) atoms. The maximum absolute atomic E-state index is 12.3. The van der Waals surface area contributed by atoms with Gasteiger partial charge in [0.15, 0.2) is 5.13 Å². The van der Waals surface area contributed by atoms with Crippen LogP contribution >= 0.6 is 11.3 Å². The minimum Gasteiger partial charge on any atom is -0.459 e. The van der Waals surface area contributed by atoms with Crippen LogP contribution in [0.25, 0.3) is 0 Å². The van der Waals surface area contributed by atoms with E-state index in [-0.39, 0.29) is 24.4 Å². The van der Waals surface area contributed by atoms with Crippen molar-refractivity contribution in [1.82, 2.24) is 4.98 Å². The highest BCUT2D eigenvalue weighted by atomic mass is 32.1. The van der Waals surface area contributed by atoms with E-state index >= 15 is 0 Å². The maximum Gasteiger partial charge on any atom is 0.309 e. The number of aromatic nitrogens is 1. The molecule has 0 N–H and O–H groups in total. The SMILES string of the molecule is CC(=O)N(c1nc(COC(=O)C2CC2)cs1)c1c(C)cc(C)cc1C. The lowest BCUT2D eigenvalue weighted by atomic mass is 10.0. The van der Waals surface area contributed by atoms with Gasteiger partial charge in [-0.15, -0.1) is 11.3 Å². The van der Waals surface area contributed by atoms with Crippen LogP contribution in [0.15, 0.2) is 17.5 Å². The van der Waals surface area contributed by atoms with Crippen LogP contribution in [-0.4, -0.2) is 16.9 Å². The van der Waals surface area contributed by atoms with Crippen molar-refractivity contribution < 1.29 is 14.3 Å². The summed E-state index contributed by atoms with van der Waals surface area (Å²) < 4.78 is 5.28. The first-order valence-corrected chi connectivity index (χ1v) is 9.24. The summed E-state index contributed by atoms with van der Waals surface area (Å²) in [5.41, 5.74) is 4.76. The molecule has 1 aromatic carbocycles. The van der Waals surface area contributed by atoms with Gasteiger partial charge in [-0.2, -0.15) is 0 Å². The number of anilines is 2. The quantitative estimate of drug-likeness (QED) is 0.752. The molecule has 0 bridgehead atoms. The van der Waals surface area contributed by atoms with Gasteiger partial charge in [0.2, 0.25) is 5.91 Å². The predicted octanol–water partition coefficient (Wildman–Crippen LogP) is 4.21. The first-order chi connectivity index (χ1) is 11.9. The number of aryl methyl sites for hydroxylation is 3. The van der Waals surface area contributed by atoms with Gasteiger partial charge in [0.05, 0.1) is 17.3 Å². The largest absolute Gasteiger partial charge is 0.459 e. The lowest BCUT2D eigenvalue weighted by molar-refractivity contribution is -0.146. The first-order valence-electron chi connectivity index (χ1n) is 8.36. The topological polar surface area (TPSA) is 59.5 Å². The van der Waals surface area contributed by atoms with Crippen molar-refractivity contribution in [3.63, 3.8) is 0 Å². The normalized spacial score (nSPS) is 13.6. The van der Waals surface area contributed by atoms with Crippen molar-refractivity contribution in [2.45, 2.75) is 47.1 Å². The molecule has 0 spiro atoms. The highest BCUT2D eigenvalue weighted by molar-refractivity contribution is 7.14. The molecule has 1 saturated carbocycles. The molecule has 5 nitrogen and oxygen atoms in total. The molecule has 1 amide bonds. The van der Waals surface area contributed by atoms with Crippen molar-refractivity contribution in [2.24, 2.45) is 5.92 Å². The average molecular weight is 358 g/mol. The summed E-state index contributed by atoms with van der Waals surface area (Å²) in [7, 11) is 0. The predicted molar refractivity (Wildman–Crippen MR) is 98.1 cm³/mol. The van der Waals surface area contributed by atoms with Crippen LogP contribution in [0.4, 0.5) is 10.8 Å². The Labute approximate surface area is 151 Å². The van der Waals surface area contributed by atoms with Gasteiger partial charge in [0.25, 0.3) is 0 Å². The average Bonchev–Trinajstić information content (AvgIpc) is 3.27. The van der Waals surface area contributed by atoms with E-state index in [1.807, 2.05) is 26.2 Å². The van der Waals surface area contributed by atoms with Crippen LogP contribution in [-0.2, 0) is 20.9 Å². The smallest absolute Gasteiger partial charge is 0.309 e. The highest BCUT2D eigenvalue weighted by Gasteiger charge is 2.31. The maximum atomic E-state index is 12.3. The van der Waals surface area contributed by atoms with E-state index in [2.05, 4.69) is 17.1 Å². The van der Waals surface area contributed by atoms with Gasteiger partial charge in [-0.05, 0) is 44.7 Å². The second-order valence-electron chi connectivity index (χ2n) is 6.61. The Bertz CT molecular complexity index is 801. The fraction of sp³-hybridized carbons (Fsp3) is 0.421. The first kappa shape index (κ1) is 17.6. The number of amides is 1. The molecule has 6 heteroatoms. The van der Waals surface area contributed by atoms with E-state index in [9.17, 15) is 9.59 Å². The van der Waals surface area contributed by atoms with Gasteiger partial charge in [0.1, 0.15) is 6.61 Å². The highest BCUT2D eigenvalue weighted by Crippen LogP contribution is 2.35. The van der Waals surface area contributed by atoms with Crippen molar-refractivity contribution in [3.8, 4) is 0 Å².